The number of hydrogen-bond acceptors (Lipinski definition) is 3. The number of halogens is 1. The van der Waals surface area contributed by atoms with Gasteiger partial charge in [0.05, 0.1) is 0 Å². The Labute approximate surface area is 105 Å². The smallest absolute Gasteiger partial charge is 0.222 e. The maximum atomic E-state index is 5.83. The van der Waals surface area contributed by atoms with Crippen molar-refractivity contribution in [3.05, 3.63) is 54.3 Å². The lowest BCUT2D eigenvalue weighted by Crippen LogP contribution is -2.02. The molecule has 0 spiro atoms. The van der Waals surface area contributed by atoms with Crippen LogP contribution in [0.3, 0.4) is 0 Å². The number of nitrogens with one attached hydrogen (secondary N) is 1. The molecule has 0 saturated carbocycles. The molecule has 0 atom stereocenters. The van der Waals surface area contributed by atoms with E-state index >= 15 is 0 Å². The molecule has 1 aromatic heterocycles. The van der Waals surface area contributed by atoms with Crippen molar-refractivity contribution in [1.29, 1.82) is 0 Å². The summed E-state index contributed by atoms with van der Waals surface area (Å²) in [6, 6.07) is 7.58. The lowest BCUT2D eigenvalue weighted by molar-refractivity contribution is 1.12. The molecule has 2 aromatic rings. The van der Waals surface area contributed by atoms with E-state index in [2.05, 4.69) is 21.9 Å². The highest BCUT2D eigenvalue weighted by molar-refractivity contribution is 6.30. The van der Waals surface area contributed by atoms with Crippen LogP contribution in [0, 0.1) is 0 Å². The minimum Gasteiger partial charge on any atom is -0.351 e. The second-order valence-corrected chi connectivity index (χ2v) is 3.91. The molecule has 86 valence electrons. The van der Waals surface area contributed by atoms with Gasteiger partial charge >= 0.3 is 0 Å². The van der Waals surface area contributed by atoms with Gasteiger partial charge in [0.25, 0.3) is 0 Å². The zero-order valence-electron chi connectivity index (χ0n) is 9.23. The quantitative estimate of drug-likeness (QED) is 0.839. The van der Waals surface area contributed by atoms with Gasteiger partial charge in [-0.2, -0.15) is 0 Å². The third kappa shape index (κ3) is 3.04. The van der Waals surface area contributed by atoms with Crippen LogP contribution in [0.2, 0.25) is 5.02 Å². The van der Waals surface area contributed by atoms with E-state index in [9.17, 15) is 0 Å². The largest absolute Gasteiger partial charge is 0.351 e. The summed E-state index contributed by atoms with van der Waals surface area (Å²) in [6.07, 6.45) is 5.32. The van der Waals surface area contributed by atoms with Crippen LogP contribution < -0.4 is 5.32 Å². The molecule has 0 bridgehead atoms. The van der Waals surface area contributed by atoms with Crippen molar-refractivity contribution in [3.63, 3.8) is 0 Å². The third-order valence-electron chi connectivity index (χ3n) is 2.23. The Morgan fingerprint density at radius 3 is 2.35 bits per heavy atom. The first-order valence-electron chi connectivity index (χ1n) is 5.22. The third-order valence-corrected chi connectivity index (χ3v) is 2.49. The zero-order valence-corrected chi connectivity index (χ0v) is 9.98. The summed E-state index contributed by atoms with van der Waals surface area (Å²) < 4.78 is 0. The fourth-order valence-corrected chi connectivity index (χ4v) is 1.50. The SMILES string of the molecule is C=CCNc1ncc(-c2ccc(Cl)cc2)cn1. The minimum absolute atomic E-state index is 0.600. The maximum absolute atomic E-state index is 5.83. The Kier molecular flexibility index (Phi) is 3.73. The van der Waals surface area contributed by atoms with Crippen LogP contribution in [0.15, 0.2) is 49.3 Å². The van der Waals surface area contributed by atoms with Gasteiger partial charge < -0.3 is 5.32 Å². The van der Waals surface area contributed by atoms with Crippen LogP contribution in [0.25, 0.3) is 11.1 Å². The number of aromatic nitrogens is 2. The van der Waals surface area contributed by atoms with Gasteiger partial charge in [0, 0.05) is 29.5 Å². The van der Waals surface area contributed by atoms with Crippen LogP contribution in [-0.4, -0.2) is 16.5 Å². The Hall–Kier alpha value is -1.87. The molecule has 0 aliphatic rings. The van der Waals surface area contributed by atoms with Crippen molar-refractivity contribution in [3.8, 4) is 11.1 Å². The average Bonchev–Trinajstić information content (AvgIpc) is 2.38. The highest BCUT2D eigenvalue weighted by Crippen LogP contribution is 2.20. The predicted molar refractivity (Wildman–Crippen MR) is 71.2 cm³/mol. The fourth-order valence-electron chi connectivity index (χ4n) is 1.37. The van der Waals surface area contributed by atoms with E-state index in [4.69, 9.17) is 11.6 Å². The van der Waals surface area contributed by atoms with Gasteiger partial charge in [-0.25, -0.2) is 9.97 Å². The van der Waals surface area contributed by atoms with E-state index in [1.165, 1.54) is 0 Å². The summed E-state index contributed by atoms with van der Waals surface area (Å²) in [5.41, 5.74) is 2.01. The van der Waals surface area contributed by atoms with Crippen molar-refractivity contribution < 1.29 is 0 Å². The molecule has 17 heavy (non-hydrogen) atoms. The Bertz CT molecular complexity index is 491. The molecule has 1 N–H and O–H groups in total. The molecule has 0 fully saturated rings. The summed E-state index contributed by atoms with van der Waals surface area (Å²) in [4.78, 5) is 8.42. The van der Waals surface area contributed by atoms with Gasteiger partial charge in [0.15, 0.2) is 0 Å². The maximum Gasteiger partial charge on any atom is 0.222 e. The lowest BCUT2D eigenvalue weighted by atomic mass is 10.1. The second-order valence-electron chi connectivity index (χ2n) is 3.47. The topological polar surface area (TPSA) is 37.8 Å². The summed E-state index contributed by atoms with van der Waals surface area (Å²) in [5.74, 6) is 0.600. The van der Waals surface area contributed by atoms with Crippen LogP contribution in [-0.2, 0) is 0 Å². The van der Waals surface area contributed by atoms with E-state index in [0.29, 0.717) is 12.5 Å². The molecular weight excluding hydrogens is 234 g/mol. The van der Waals surface area contributed by atoms with Gasteiger partial charge in [-0.1, -0.05) is 29.8 Å². The first kappa shape index (κ1) is 11.6. The van der Waals surface area contributed by atoms with Gasteiger partial charge in [-0.3, -0.25) is 0 Å². The van der Waals surface area contributed by atoms with E-state index in [1.807, 2.05) is 24.3 Å². The number of hydrogen-bond donors (Lipinski definition) is 1. The van der Waals surface area contributed by atoms with E-state index in [0.717, 1.165) is 16.1 Å². The molecule has 3 nitrogen and oxygen atoms in total. The molecule has 0 amide bonds. The monoisotopic (exact) mass is 245 g/mol. The first-order valence-corrected chi connectivity index (χ1v) is 5.60. The first-order chi connectivity index (χ1) is 8.29. The zero-order chi connectivity index (χ0) is 12.1. The predicted octanol–water partition coefficient (Wildman–Crippen LogP) is 3.39. The van der Waals surface area contributed by atoms with Crippen LogP contribution in [0.5, 0.6) is 0 Å². The fraction of sp³-hybridized carbons (Fsp3) is 0.0769. The normalized spacial score (nSPS) is 9.94. The Morgan fingerprint density at radius 2 is 1.76 bits per heavy atom. The second kappa shape index (κ2) is 5.46. The molecule has 1 heterocycles. The molecule has 2 rings (SSSR count). The molecule has 0 aliphatic carbocycles. The molecule has 0 radical (unpaired) electrons. The van der Waals surface area contributed by atoms with Crippen molar-refractivity contribution >= 4 is 17.5 Å². The molecule has 1 aromatic carbocycles. The minimum atomic E-state index is 0.600. The van der Waals surface area contributed by atoms with E-state index in [-0.39, 0.29) is 0 Å². The standard InChI is InChI=1S/C13H12ClN3/c1-2-7-15-13-16-8-11(9-17-13)10-3-5-12(14)6-4-10/h2-6,8-9H,1,7H2,(H,15,16,17). The van der Waals surface area contributed by atoms with Gasteiger partial charge in [-0.15, -0.1) is 6.58 Å². The van der Waals surface area contributed by atoms with Crippen LogP contribution in [0.1, 0.15) is 0 Å². The Balaban J connectivity index is 2.17. The molecule has 0 saturated heterocycles. The summed E-state index contributed by atoms with van der Waals surface area (Å²) in [7, 11) is 0. The van der Waals surface area contributed by atoms with E-state index in [1.54, 1.807) is 18.5 Å². The van der Waals surface area contributed by atoms with Crippen LogP contribution in [0.4, 0.5) is 5.95 Å². The molecule has 4 heteroatoms. The van der Waals surface area contributed by atoms with Gasteiger partial charge in [-0.05, 0) is 17.7 Å². The summed E-state index contributed by atoms with van der Waals surface area (Å²) in [5, 5.41) is 3.74. The lowest BCUT2D eigenvalue weighted by Gasteiger charge is -2.03. The number of nitrogens with zero attached hydrogens (tertiary/aromatic N) is 2. The molecule has 0 unspecified atom stereocenters. The van der Waals surface area contributed by atoms with E-state index < -0.39 is 0 Å². The van der Waals surface area contributed by atoms with Crippen molar-refractivity contribution in [1.82, 2.24) is 9.97 Å². The van der Waals surface area contributed by atoms with Gasteiger partial charge in [0.2, 0.25) is 5.95 Å². The highest BCUT2D eigenvalue weighted by atomic mass is 35.5. The number of anilines is 1. The molecule has 0 aliphatic heterocycles. The summed E-state index contributed by atoms with van der Waals surface area (Å²) in [6.45, 7) is 4.27. The molecular formula is C13H12ClN3. The van der Waals surface area contributed by atoms with Crippen molar-refractivity contribution in [2.75, 3.05) is 11.9 Å². The van der Waals surface area contributed by atoms with Crippen molar-refractivity contribution in [2.45, 2.75) is 0 Å². The average molecular weight is 246 g/mol. The van der Waals surface area contributed by atoms with Gasteiger partial charge in [0.1, 0.15) is 0 Å². The van der Waals surface area contributed by atoms with Crippen molar-refractivity contribution in [2.24, 2.45) is 0 Å². The number of rotatable bonds is 4. The van der Waals surface area contributed by atoms with Crippen LogP contribution >= 0.6 is 11.6 Å². The highest BCUT2D eigenvalue weighted by Gasteiger charge is 1.99. The summed E-state index contributed by atoms with van der Waals surface area (Å²) >= 11 is 5.83. The number of benzene rings is 1. The Morgan fingerprint density at radius 1 is 1.12 bits per heavy atom.